The SMILES string of the molecule is O=C1N(c2ccc(Cl)c(Cl)c2)CC(CCl)C1(Cl)Cl. The van der Waals surface area contributed by atoms with Crippen molar-refractivity contribution in [2.75, 3.05) is 17.3 Å². The Balaban J connectivity index is 2.35. The summed E-state index contributed by atoms with van der Waals surface area (Å²) in [6.45, 7) is 0.354. The molecule has 1 unspecified atom stereocenters. The molecule has 2 nitrogen and oxygen atoms in total. The van der Waals surface area contributed by atoms with Gasteiger partial charge >= 0.3 is 0 Å². The first kappa shape index (κ1) is 14.5. The normalized spacial score (nSPS) is 22.6. The first-order valence-electron chi connectivity index (χ1n) is 5.08. The molecule has 1 aliphatic heterocycles. The molecule has 1 amide bonds. The molecular weight excluding hydrogens is 339 g/mol. The molecule has 0 bridgehead atoms. The molecule has 2 rings (SSSR count). The minimum atomic E-state index is -1.49. The molecule has 0 spiro atoms. The molecule has 1 atom stereocenters. The standard InChI is InChI=1S/C11H8Cl5NO/c12-4-6-5-17(10(18)11(6,15)16)7-1-2-8(13)9(14)3-7/h1-3,6H,4-5H2. The third-order valence-electron chi connectivity index (χ3n) is 2.85. The summed E-state index contributed by atoms with van der Waals surface area (Å²) in [5, 5.41) is 0.787. The number of halogens is 5. The van der Waals surface area contributed by atoms with Crippen molar-refractivity contribution in [3.8, 4) is 0 Å². The number of carbonyl (C=O) groups is 1. The first-order valence-corrected chi connectivity index (χ1v) is 7.13. The molecule has 1 aromatic carbocycles. The lowest BCUT2D eigenvalue weighted by Gasteiger charge is -2.17. The Bertz CT molecular complexity index is 490. The monoisotopic (exact) mass is 345 g/mol. The second kappa shape index (κ2) is 5.26. The van der Waals surface area contributed by atoms with Crippen LogP contribution < -0.4 is 4.90 Å². The summed E-state index contributed by atoms with van der Waals surface area (Å²) < 4.78 is -1.49. The van der Waals surface area contributed by atoms with Crippen molar-refractivity contribution >= 4 is 69.6 Å². The van der Waals surface area contributed by atoms with Crippen LogP contribution in [0, 0.1) is 5.92 Å². The van der Waals surface area contributed by atoms with Crippen molar-refractivity contribution in [3.05, 3.63) is 28.2 Å². The van der Waals surface area contributed by atoms with Gasteiger partial charge in [0.15, 0.2) is 0 Å². The fourth-order valence-corrected chi connectivity index (χ4v) is 3.07. The smallest absolute Gasteiger partial charge is 0.263 e. The minimum Gasteiger partial charge on any atom is -0.309 e. The van der Waals surface area contributed by atoms with Gasteiger partial charge in [0.1, 0.15) is 0 Å². The predicted octanol–water partition coefficient (Wildman–Crippen LogP) is 4.37. The summed E-state index contributed by atoms with van der Waals surface area (Å²) in [4.78, 5) is 13.6. The Morgan fingerprint density at radius 3 is 2.44 bits per heavy atom. The van der Waals surface area contributed by atoms with Crippen LogP contribution in [0.5, 0.6) is 0 Å². The van der Waals surface area contributed by atoms with Crippen molar-refractivity contribution in [1.82, 2.24) is 0 Å². The van der Waals surface area contributed by atoms with E-state index in [-0.39, 0.29) is 11.8 Å². The molecule has 1 aromatic rings. The van der Waals surface area contributed by atoms with E-state index in [2.05, 4.69) is 0 Å². The molecule has 1 aliphatic rings. The van der Waals surface area contributed by atoms with Crippen LogP contribution in [0.2, 0.25) is 10.0 Å². The lowest BCUT2D eigenvalue weighted by Crippen LogP contribution is -2.33. The molecule has 98 valence electrons. The van der Waals surface area contributed by atoms with Crippen molar-refractivity contribution in [2.24, 2.45) is 5.92 Å². The van der Waals surface area contributed by atoms with Crippen LogP contribution in [0.25, 0.3) is 0 Å². The van der Waals surface area contributed by atoms with Crippen LogP contribution in [0.3, 0.4) is 0 Å². The topological polar surface area (TPSA) is 20.3 Å². The Morgan fingerprint density at radius 2 is 1.94 bits per heavy atom. The zero-order valence-corrected chi connectivity index (χ0v) is 12.7. The molecule has 0 N–H and O–H groups in total. The number of benzene rings is 1. The van der Waals surface area contributed by atoms with Gasteiger partial charge < -0.3 is 4.90 Å². The van der Waals surface area contributed by atoms with Crippen LogP contribution in [0.1, 0.15) is 0 Å². The molecular formula is C11H8Cl5NO. The lowest BCUT2D eigenvalue weighted by molar-refractivity contribution is -0.117. The first-order chi connectivity index (χ1) is 8.37. The van der Waals surface area contributed by atoms with Crippen LogP contribution >= 0.6 is 58.0 Å². The molecule has 18 heavy (non-hydrogen) atoms. The fourth-order valence-electron chi connectivity index (χ4n) is 1.79. The highest BCUT2D eigenvalue weighted by atomic mass is 35.5. The largest absolute Gasteiger partial charge is 0.309 e. The number of nitrogens with zero attached hydrogens (tertiary/aromatic N) is 1. The van der Waals surface area contributed by atoms with Gasteiger partial charge in [0, 0.05) is 24.0 Å². The number of hydrogen-bond acceptors (Lipinski definition) is 1. The summed E-state index contributed by atoms with van der Waals surface area (Å²) in [6, 6.07) is 4.90. The van der Waals surface area contributed by atoms with Crippen molar-refractivity contribution in [1.29, 1.82) is 0 Å². The average Bonchev–Trinajstić information content (AvgIpc) is 2.55. The summed E-state index contributed by atoms with van der Waals surface area (Å²) in [6.07, 6.45) is 0. The van der Waals surface area contributed by atoms with Crippen LogP contribution in [0.15, 0.2) is 18.2 Å². The van der Waals surface area contributed by atoms with E-state index in [0.29, 0.717) is 22.3 Å². The van der Waals surface area contributed by atoms with Gasteiger partial charge in [-0.05, 0) is 18.2 Å². The van der Waals surface area contributed by atoms with Crippen molar-refractivity contribution < 1.29 is 4.79 Å². The Kier molecular flexibility index (Phi) is 4.25. The molecule has 1 heterocycles. The number of amides is 1. The maximum absolute atomic E-state index is 12.1. The van der Waals surface area contributed by atoms with Gasteiger partial charge in [0.25, 0.3) is 5.91 Å². The van der Waals surface area contributed by atoms with Crippen LogP contribution in [0.4, 0.5) is 5.69 Å². The van der Waals surface area contributed by atoms with Gasteiger partial charge in [-0.2, -0.15) is 0 Å². The van der Waals surface area contributed by atoms with Gasteiger partial charge in [0.05, 0.1) is 10.0 Å². The van der Waals surface area contributed by atoms with E-state index < -0.39 is 10.2 Å². The lowest BCUT2D eigenvalue weighted by atomic mass is 10.1. The van der Waals surface area contributed by atoms with Gasteiger partial charge in [-0.25, -0.2) is 0 Å². The highest BCUT2D eigenvalue weighted by Crippen LogP contribution is 2.42. The van der Waals surface area contributed by atoms with Crippen LogP contribution in [-0.4, -0.2) is 22.7 Å². The van der Waals surface area contributed by atoms with E-state index >= 15 is 0 Å². The van der Waals surface area contributed by atoms with E-state index in [1.165, 1.54) is 4.90 Å². The summed E-state index contributed by atoms with van der Waals surface area (Å²) in [7, 11) is 0. The maximum atomic E-state index is 12.1. The van der Waals surface area contributed by atoms with Crippen LogP contribution in [-0.2, 0) is 4.79 Å². The van der Waals surface area contributed by atoms with E-state index in [9.17, 15) is 4.79 Å². The quantitative estimate of drug-likeness (QED) is 0.728. The minimum absolute atomic E-state index is 0.205. The fraction of sp³-hybridized carbons (Fsp3) is 0.364. The van der Waals surface area contributed by atoms with Gasteiger partial charge in [-0.1, -0.05) is 46.4 Å². The molecule has 1 saturated heterocycles. The second-order valence-electron chi connectivity index (χ2n) is 3.99. The molecule has 0 radical (unpaired) electrons. The zero-order chi connectivity index (χ0) is 13.5. The van der Waals surface area contributed by atoms with Gasteiger partial charge in [-0.3, -0.25) is 4.79 Å². The number of carbonyl (C=O) groups excluding carboxylic acids is 1. The number of anilines is 1. The molecule has 0 aliphatic carbocycles. The van der Waals surface area contributed by atoms with Gasteiger partial charge in [0.2, 0.25) is 4.33 Å². The summed E-state index contributed by atoms with van der Waals surface area (Å²) in [5.41, 5.74) is 0.604. The summed E-state index contributed by atoms with van der Waals surface area (Å²) >= 11 is 29.6. The number of hydrogen-bond donors (Lipinski definition) is 0. The number of rotatable bonds is 2. The molecule has 1 fully saturated rings. The second-order valence-corrected chi connectivity index (χ2v) is 6.50. The molecule has 0 saturated carbocycles. The third kappa shape index (κ3) is 2.41. The molecule has 7 heteroatoms. The predicted molar refractivity (Wildman–Crippen MR) is 77.5 cm³/mol. The van der Waals surface area contributed by atoms with Crippen molar-refractivity contribution in [2.45, 2.75) is 4.33 Å². The highest BCUT2D eigenvalue weighted by Gasteiger charge is 2.51. The Morgan fingerprint density at radius 1 is 1.28 bits per heavy atom. The highest BCUT2D eigenvalue weighted by molar-refractivity contribution is 6.60. The van der Waals surface area contributed by atoms with E-state index in [1.54, 1.807) is 18.2 Å². The zero-order valence-electron chi connectivity index (χ0n) is 8.97. The van der Waals surface area contributed by atoms with Crippen molar-refractivity contribution in [3.63, 3.8) is 0 Å². The Labute approximate surface area is 130 Å². The van der Waals surface area contributed by atoms with E-state index in [4.69, 9.17) is 58.0 Å². The van der Waals surface area contributed by atoms with Gasteiger partial charge in [-0.15, -0.1) is 11.6 Å². The summed E-state index contributed by atoms with van der Waals surface area (Å²) in [5.74, 6) is -0.518. The average molecular weight is 347 g/mol. The molecule has 0 aromatic heterocycles. The third-order valence-corrected chi connectivity index (χ3v) is 4.90. The number of alkyl halides is 3. The maximum Gasteiger partial charge on any atom is 0.263 e. The Hall–Kier alpha value is 0.140. The van der Waals surface area contributed by atoms with E-state index in [1.807, 2.05) is 0 Å². The van der Waals surface area contributed by atoms with E-state index in [0.717, 1.165) is 0 Å².